The summed E-state index contributed by atoms with van der Waals surface area (Å²) in [6.45, 7) is 4.24. The second-order valence-electron chi connectivity index (χ2n) is 6.33. The van der Waals surface area contributed by atoms with Crippen molar-refractivity contribution in [3.05, 3.63) is 65.9 Å². The van der Waals surface area contributed by atoms with E-state index < -0.39 is 0 Å². The SMILES string of the molecule is Cc1cncc(-n2cc(C(=O)Nc3ccc(C4CNCCO4)cc3)cn2)n1. The molecule has 2 aromatic heterocycles. The van der Waals surface area contributed by atoms with Crippen LogP contribution in [0.4, 0.5) is 5.69 Å². The van der Waals surface area contributed by atoms with Gasteiger partial charge in [0.25, 0.3) is 5.91 Å². The molecule has 0 spiro atoms. The minimum absolute atomic E-state index is 0.0529. The van der Waals surface area contributed by atoms with Gasteiger partial charge in [0.1, 0.15) is 0 Å². The number of aromatic nitrogens is 4. The van der Waals surface area contributed by atoms with E-state index in [4.69, 9.17) is 4.74 Å². The van der Waals surface area contributed by atoms with Gasteiger partial charge in [-0.1, -0.05) is 12.1 Å². The summed E-state index contributed by atoms with van der Waals surface area (Å²) in [7, 11) is 0. The van der Waals surface area contributed by atoms with Crippen LogP contribution in [0, 0.1) is 6.92 Å². The average Bonchev–Trinajstić information content (AvgIpc) is 3.20. The number of anilines is 1. The number of carbonyl (C=O) groups is 1. The summed E-state index contributed by atoms with van der Waals surface area (Å²) in [6, 6.07) is 7.70. The fourth-order valence-corrected chi connectivity index (χ4v) is 2.89. The zero-order valence-electron chi connectivity index (χ0n) is 14.9. The Morgan fingerprint density at radius 3 is 2.85 bits per heavy atom. The van der Waals surface area contributed by atoms with Crippen LogP contribution in [0.25, 0.3) is 5.82 Å². The monoisotopic (exact) mass is 364 g/mol. The summed E-state index contributed by atoms with van der Waals surface area (Å²) < 4.78 is 7.27. The molecule has 0 saturated carbocycles. The highest BCUT2D eigenvalue weighted by atomic mass is 16.5. The number of morpholine rings is 1. The molecule has 1 saturated heterocycles. The van der Waals surface area contributed by atoms with Crippen molar-refractivity contribution >= 4 is 11.6 Å². The standard InChI is InChI=1S/C19H20N6O2/c1-13-8-21-11-18(23-13)25-12-15(9-22-25)19(26)24-16-4-2-14(3-5-16)17-10-20-6-7-27-17/h2-5,8-9,11-12,17,20H,6-7,10H2,1H3,(H,24,26). The van der Waals surface area contributed by atoms with Gasteiger partial charge in [0, 0.05) is 31.2 Å². The van der Waals surface area contributed by atoms with Crippen LogP contribution in [-0.2, 0) is 4.74 Å². The van der Waals surface area contributed by atoms with Crippen LogP contribution in [0.15, 0.2) is 49.1 Å². The lowest BCUT2D eigenvalue weighted by molar-refractivity contribution is 0.0277. The molecule has 3 aromatic rings. The lowest BCUT2D eigenvalue weighted by Crippen LogP contribution is -2.33. The number of hydrogen-bond acceptors (Lipinski definition) is 6. The summed E-state index contributed by atoms with van der Waals surface area (Å²) in [4.78, 5) is 20.9. The number of aryl methyl sites for hydroxylation is 1. The van der Waals surface area contributed by atoms with Crippen LogP contribution < -0.4 is 10.6 Å². The molecule has 27 heavy (non-hydrogen) atoms. The Bertz CT molecular complexity index is 931. The van der Waals surface area contributed by atoms with Crippen molar-refractivity contribution in [2.24, 2.45) is 0 Å². The van der Waals surface area contributed by atoms with Crippen molar-refractivity contribution in [2.75, 3.05) is 25.0 Å². The summed E-state index contributed by atoms with van der Waals surface area (Å²) in [5, 5.41) is 10.4. The molecule has 1 amide bonds. The Balaban J connectivity index is 1.43. The van der Waals surface area contributed by atoms with Gasteiger partial charge in [0.2, 0.25) is 0 Å². The Labute approximate surface area is 156 Å². The summed E-state index contributed by atoms with van der Waals surface area (Å²) in [5.41, 5.74) is 3.04. The minimum atomic E-state index is -0.231. The van der Waals surface area contributed by atoms with E-state index in [1.54, 1.807) is 18.6 Å². The van der Waals surface area contributed by atoms with Gasteiger partial charge in [-0.15, -0.1) is 0 Å². The third-order valence-corrected chi connectivity index (χ3v) is 4.29. The highest BCUT2D eigenvalue weighted by molar-refractivity contribution is 6.03. The Kier molecular flexibility index (Phi) is 4.91. The van der Waals surface area contributed by atoms with Gasteiger partial charge >= 0.3 is 0 Å². The molecule has 0 bridgehead atoms. The fraction of sp³-hybridized carbons (Fsp3) is 0.263. The second kappa shape index (κ2) is 7.65. The van der Waals surface area contributed by atoms with Crippen LogP contribution in [0.3, 0.4) is 0 Å². The van der Waals surface area contributed by atoms with Gasteiger partial charge in [0.15, 0.2) is 5.82 Å². The Hall–Kier alpha value is -3.10. The predicted molar refractivity (Wildman–Crippen MR) is 99.8 cm³/mol. The molecule has 1 aliphatic heterocycles. The molecule has 1 unspecified atom stereocenters. The van der Waals surface area contributed by atoms with Gasteiger partial charge in [-0.25, -0.2) is 9.67 Å². The smallest absolute Gasteiger partial charge is 0.258 e. The largest absolute Gasteiger partial charge is 0.371 e. The Morgan fingerprint density at radius 2 is 2.11 bits per heavy atom. The van der Waals surface area contributed by atoms with Crippen molar-refractivity contribution < 1.29 is 9.53 Å². The number of ether oxygens (including phenoxy) is 1. The van der Waals surface area contributed by atoms with E-state index in [1.165, 1.54) is 10.9 Å². The predicted octanol–water partition coefficient (Wildman–Crippen LogP) is 1.88. The summed E-state index contributed by atoms with van der Waals surface area (Å²) in [5.74, 6) is 0.338. The first-order chi connectivity index (χ1) is 13.2. The number of nitrogens with zero attached hydrogens (tertiary/aromatic N) is 4. The van der Waals surface area contributed by atoms with Gasteiger partial charge in [-0.2, -0.15) is 5.10 Å². The van der Waals surface area contributed by atoms with Crippen LogP contribution in [-0.4, -0.2) is 45.4 Å². The van der Waals surface area contributed by atoms with Gasteiger partial charge < -0.3 is 15.4 Å². The van der Waals surface area contributed by atoms with Crippen molar-refractivity contribution in [2.45, 2.75) is 13.0 Å². The van der Waals surface area contributed by atoms with E-state index in [0.717, 1.165) is 30.0 Å². The highest BCUT2D eigenvalue weighted by Gasteiger charge is 2.16. The van der Waals surface area contributed by atoms with E-state index in [0.29, 0.717) is 18.0 Å². The molecule has 138 valence electrons. The van der Waals surface area contributed by atoms with Crippen molar-refractivity contribution in [3.8, 4) is 5.82 Å². The van der Waals surface area contributed by atoms with E-state index in [-0.39, 0.29) is 12.0 Å². The molecule has 8 heteroatoms. The molecule has 3 heterocycles. The molecule has 1 aromatic carbocycles. The van der Waals surface area contributed by atoms with Gasteiger partial charge in [-0.05, 0) is 24.6 Å². The first-order valence-electron chi connectivity index (χ1n) is 8.76. The molecule has 8 nitrogen and oxygen atoms in total. The molecule has 1 atom stereocenters. The first kappa shape index (κ1) is 17.3. The molecular weight excluding hydrogens is 344 g/mol. The van der Waals surface area contributed by atoms with E-state index in [9.17, 15) is 4.79 Å². The molecule has 4 rings (SSSR count). The lowest BCUT2D eigenvalue weighted by Gasteiger charge is -2.24. The van der Waals surface area contributed by atoms with Crippen LogP contribution >= 0.6 is 0 Å². The number of carbonyl (C=O) groups excluding carboxylic acids is 1. The molecule has 1 fully saturated rings. The zero-order chi connectivity index (χ0) is 18.6. The zero-order valence-corrected chi connectivity index (χ0v) is 14.9. The first-order valence-corrected chi connectivity index (χ1v) is 8.76. The third kappa shape index (κ3) is 4.02. The quantitative estimate of drug-likeness (QED) is 0.734. The van der Waals surface area contributed by atoms with Crippen LogP contribution in [0.2, 0.25) is 0 Å². The van der Waals surface area contributed by atoms with Gasteiger partial charge in [-0.3, -0.25) is 9.78 Å². The van der Waals surface area contributed by atoms with Crippen molar-refractivity contribution in [1.29, 1.82) is 0 Å². The maximum atomic E-state index is 12.5. The topological polar surface area (TPSA) is 94.0 Å². The van der Waals surface area contributed by atoms with Crippen LogP contribution in [0.1, 0.15) is 27.7 Å². The molecule has 0 aliphatic carbocycles. The molecule has 0 radical (unpaired) electrons. The Morgan fingerprint density at radius 1 is 1.26 bits per heavy atom. The number of benzene rings is 1. The number of amides is 1. The highest BCUT2D eigenvalue weighted by Crippen LogP contribution is 2.21. The van der Waals surface area contributed by atoms with E-state index in [2.05, 4.69) is 25.7 Å². The normalized spacial score (nSPS) is 16.9. The minimum Gasteiger partial charge on any atom is -0.371 e. The van der Waals surface area contributed by atoms with Crippen molar-refractivity contribution in [1.82, 2.24) is 25.1 Å². The second-order valence-corrected chi connectivity index (χ2v) is 6.33. The van der Waals surface area contributed by atoms with Gasteiger partial charge in [0.05, 0.1) is 36.4 Å². The molecular formula is C19H20N6O2. The molecule has 1 aliphatic rings. The van der Waals surface area contributed by atoms with E-state index >= 15 is 0 Å². The summed E-state index contributed by atoms with van der Waals surface area (Å²) >= 11 is 0. The molecule has 2 N–H and O–H groups in total. The lowest BCUT2D eigenvalue weighted by atomic mass is 10.1. The third-order valence-electron chi connectivity index (χ3n) is 4.29. The number of nitrogens with one attached hydrogen (secondary N) is 2. The number of hydrogen-bond donors (Lipinski definition) is 2. The maximum absolute atomic E-state index is 12.5. The average molecular weight is 364 g/mol. The fourth-order valence-electron chi connectivity index (χ4n) is 2.89. The maximum Gasteiger partial charge on any atom is 0.258 e. The van der Waals surface area contributed by atoms with E-state index in [1.807, 2.05) is 31.2 Å². The van der Waals surface area contributed by atoms with Crippen LogP contribution in [0.5, 0.6) is 0 Å². The van der Waals surface area contributed by atoms with Crippen molar-refractivity contribution in [3.63, 3.8) is 0 Å². The number of rotatable bonds is 4. The summed E-state index contributed by atoms with van der Waals surface area (Å²) in [6.07, 6.45) is 6.46.